The molecule has 1 heterocycles. The first kappa shape index (κ1) is 14.3. The largest absolute Gasteiger partial charge is 0.370 e. The van der Waals surface area contributed by atoms with Crippen molar-refractivity contribution in [3.05, 3.63) is 29.6 Å². The molecule has 0 aromatic heterocycles. The lowest BCUT2D eigenvalue weighted by molar-refractivity contribution is 0.248. The minimum absolute atomic E-state index is 0.158. The SMILES string of the molecule is C[C@H](N)c1cc(F)ccc1N(C)C1CCCN(C)C1. The van der Waals surface area contributed by atoms with Gasteiger partial charge in [-0.15, -0.1) is 0 Å². The van der Waals surface area contributed by atoms with E-state index < -0.39 is 0 Å². The number of benzene rings is 1. The molecule has 19 heavy (non-hydrogen) atoms. The summed E-state index contributed by atoms with van der Waals surface area (Å²) < 4.78 is 13.4. The van der Waals surface area contributed by atoms with Crippen LogP contribution in [0.1, 0.15) is 31.4 Å². The summed E-state index contributed by atoms with van der Waals surface area (Å²) in [5.41, 5.74) is 7.91. The molecule has 1 fully saturated rings. The van der Waals surface area contributed by atoms with E-state index in [-0.39, 0.29) is 11.9 Å². The van der Waals surface area contributed by atoms with Crippen LogP contribution in [0.4, 0.5) is 10.1 Å². The third kappa shape index (κ3) is 3.25. The van der Waals surface area contributed by atoms with Crippen LogP contribution in [0.15, 0.2) is 18.2 Å². The summed E-state index contributed by atoms with van der Waals surface area (Å²) in [6, 6.07) is 5.24. The Hall–Kier alpha value is -1.13. The zero-order chi connectivity index (χ0) is 14.0. The van der Waals surface area contributed by atoms with Gasteiger partial charge in [-0.1, -0.05) is 0 Å². The number of nitrogens with two attached hydrogens (primary N) is 1. The third-order valence-electron chi connectivity index (χ3n) is 4.01. The fourth-order valence-corrected chi connectivity index (χ4v) is 2.86. The number of piperidine rings is 1. The smallest absolute Gasteiger partial charge is 0.123 e. The van der Waals surface area contributed by atoms with Crippen LogP contribution in [0.25, 0.3) is 0 Å². The van der Waals surface area contributed by atoms with Crippen LogP contribution >= 0.6 is 0 Å². The first-order chi connectivity index (χ1) is 8.99. The summed E-state index contributed by atoms with van der Waals surface area (Å²) in [4.78, 5) is 4.60. The number of likely N-dealkylation sites (N-methyl/N-ethyl adjacent to an activating group) is 2. The highest BCUT2D eigenvalue weighted by atomic mass is 19.1. The average Bonchev–Trinajstić information content (AvgIpc) is 2.37. The fourth-order valence-electron chi connectivity index (χ4n) is 2.86. The van der Waals surface area contributed by atoms with Gasteiger partial charge in [-0.25, -0.2) is 4.39 Å². The first-order valence-electron chi connectivity index (χ1n) is 6.95. The van der Waals surface area contributed by atoms with E-state index in [0.717, 1.165) is 24.3 Å². The quantitative estimate of drug-likeness (QED) is 0.910. The topological polar surface area (TPSA) is 32.5 Å². The predicted molar refractivity (Wildman–Crippen MR) is 77.9 cm³/mol. The zero-order valence-electron chi connectivity index (χ0n) is 12.1. The van der Waals surface area contributed by atoms with E-state index >= 15 is 0 Å². The second-order valence-corrected chi connectivity index (χ2v) is 5.66. The van der Waals surface area contributed by atoms with Gasteiger partial charge in [-0.3, -0.25) is 0 Å². The second-order valence-electron chi connectivity index (χ2n) is 5.66. The Bertz CT molecular complexity index is 433. The molecule has 0 radical (unpaired) electrons. The number of rotatable bonds is 3. The summed E-state index contributed by atoms with van der Waals surface area (Å²) in [5, 5.41) is 0. The molecule has 0 spiro atoms. The lowest BCUT2D eigenvalue weighted by Gasteiger charge is -2.38. The van der Waals surface area contributed by atoms with Crippen molar-refractivity contribution in [2.75, 3.05) is 32.1 Å². The van der Waals surface area contributed by atoms with E-state index in [0.29, 0.717) is 6.04 Å². The molecule has 1 unspecified atom stereocenters. The zero-order valence-corrected chi connectivity index (χ0v) is 12.1. The van der Waals surface area contributed by atoms with Gasteiger partial charge in [0.25, 0.3) is 0 Å². The molecule has 1 aromatic rings. The molecule has 0 aliphatic carbocycles. The monoisotopic (exact) mass is 265 g/mol. The molecule has 1 aromatic carbocycles. The van der Waals surface area contributed by atoms with E-state index in [1.54, 1.807) is 6.07 Å². The fraction of sp³-hybridized carbons (Fsp3) is 0.600. The summed E-state index contributed by atoms with van der Waals surface area (Å²) in [7, 11) is 4.24. The van der Waals surface area contributed by atoms with Crippen molar-refractivity contribution in [3.8, 4) is 0 Å². The standard InChI is InChI=1S/C15H24FN3/c1-11(17)14-9-12(16)6-7-15(14)19(3)13-5-4-8-18(2)10-13/h6-7,9,11,13H,4-5,8,10,17H2,1-3H3/t11-,13?/m0/s1. The van der Waals surface area contributed by atoms with Crippen LogP contribution in [0.5, 0.6) is 0 Å². The number of halogens is 1. The first-order valence-corrected chi connectivity index (χ1v) is 6.95. The van der Waals surface area contributed by atoms with E-state index in [1.807, 2.05) is 13.0 Å². The van der Waals surface area contributed by atoms with Gasteiger partial charge in [0.2, 0.25) is 0 Å². The Kier molecular flexibility index (Phi) is 4.42. The van der Waals surface area contributed by atoms with Crippen LogP contribution in [0, 0.1) is 5.82 Å². The molecule has 106 valence electrons. The molecule has 3 nitrogen and oxygen atoms in total. The van der Waals surface area contributed by atoms with Crippen molar-refractivity contribution in [1.82, 2.24) is 4.90 Å². The maximum Gasteiger partial charge on any atom is 0.123 e. The van der Waals surface area contributed by atoms with Gasteiger partial charge in [0, 0.05) is 31.4 Å². The lowest BCUT2D eigenvalue weighted by atomic mass is 10.0. The Morgan fingerprint density at radius 1 is 1.47 bits per heavy atom. The van der Waals surface area contributed by atoms with Gasteiger partial charge in [0.15, 0.2) is 0 Å². The van der Waals surface area contributed by atoms with Crippen molar-refractivity contribution in [2.24, 2.45) is 5.73 Å². The van der Waals surface area contributed by atoms with Crippen LogP contribution in [-0.2, 0) is 0 Å². The molecule has 2 atom stereocenters. The Balaban J connectivity index is 2.25. The molecule has 1 aliphatic heterocycles. The normalized spacial score (nSPS) is 22.3. The highest BCUT2D eigenvalue weighted by Gasteiger charge is 2.23. The molecule has 0 amide bonds. The van der Waals surface area contributed by atoms with Gasteiger partial charge >= 0.3 is 0 Å². The second kappa shape index (κ2) is 5.88. The summed E-state index contributed by atoms with van der Waals surface area (Å²) in [6.07, 6.45) is 2.39. The van der Waals surface area contributed by atoms with Crippen LogP contribution in [0.2, 0.25) is 0 Å². The van der Waals surface area contributed by atoms with Crippen molar-refractivity contribution >= 4 is 5.69 Å². The van der Waals surface area contributed by atoms with Crippen molar-refractivity contribution in [3.63, 3.8) is 0 Å². The van der Waals surface area contributed by atoms with Gasteiger partial charge in [-0.05, 0) is 57.1 Å². The molecule has 2 N–H and O–H groups in total. The molecule has 2 rings (SSSR count). The minimum Gasteiger partial charge on any atom is -0.370 e. The Labute approximate surface area is 115 Å². The van der Waals surface area contributed by atoms with Gasteiger partial charge in [0.1, 0.15) is 5.82 Å². The third-order valence-corrected chi connectivity index (χ3v) is 4.01. The average molecular weight is 265 g/mol. The van der Waals surface area contributed by atoms with Gasteiger partial charge in [0.05, 0.1) is 0 Å². The molecule has 0 bridgehead atoms. The Morgan fingerprint density at radius 2 is 2.21 bits per heavy atom. The number of likely N-dealkylation sites (tertiary alicyclic amines) is 1. The molecule has 1 aliphatic rings. The molecular weight excluding hydrogens is 241 g/mol. The highest BCUT2D eigenvalue weighted by Crippen LogP contribution is 2.28. The van der Waals surface area contributed by atoms with Gasteiger partial charge in [-0.2, -0.15) is 0 Å². The van der Waals surface area contributed by atoms with Crippen molar-refractivity contribution in [2.45, 2.75) is 31.8 Å². The predicted octanol–water partition coefficient (Wildman–Crippen LogP) is 2.38. The Morgan fingerprint density at radius 3 is 2.84 bits per heavy atom. The highest BCUT2D eigenvalue weighted by molar-refractivity contribution is 5.55. The maximum absolute atomic E-state index is 13.4. The summed E-state index contributed by atoms with van der Waals surface area (Å²) in [5.74, 6) is -0.217. The number of nitrogens with zero attached hydrogens (tertiary/aromatic N) is 2. The number of hydrogen-bond donors (Lipinski definition) is 1. The molecular formula is C15H24FN3. The van der Waals surface area contributed by atoms with E-state index in [1.165, 1.54) is 18.9 Å². The summed E-state index contributed by atoms with van der Waals surface area (Å²) >= 11 is 0. The van der Waals surface area contributed by atoms with E-state index in [4.69, 9.17) is 5.73 Å². The number of anilines is 1. The maximum atomic E-state index is 13.4. The van der Waals surface area contributed by atoms with E-state index in [9.17, 15) is 4.39 Å². The van der Waals surface area contributed by atoms with E-state index in [2.05, 4.69) is 23.9 Å². The minimum atomic E-state index is -0.217. The van der Waals surface area contributed by atoms with Crippen molar-refractivity contribution in [1.29, 1.82) is 0 Å². The summed E-state index contributed by atoms with van der Waals surface area (Å²) in [6.45, 7) is 4.11. The van der Waals surface area contributed by atoms with Crippen LogP contribution in [0.3, 0.4) is 0 Å². The number of hydrogen-bond acceptors (Lipinski definition) is 3. The van der Waals surface area contributed by atoms with Gasteiger partial charge < -0.3 is 15.5 Å². The van der Waals surface area contributed by atoms with Crippen LogP contribution in [-0.4, -0.2) is 38.1 Å². The van der Waals surface area contributed by atoms with Crippen molar-refractivity contribution < 1.29 is 4.39 Å². The molecule has 4 heteroatoms. The molecule has 1 saturated heterocycles. The molecule has 0 saturated carbocycles. The van der Waals surface area contributed by atoms with Crippen LogP contribution < -0.4 is 10.6 Å². The lowest BCUT2D eigenvalue weighted by Crippen LogP contribution is -2.45.